The molecule has 0 aliphatic rings. The summed E-state index contributed by atoms with van der Waals surface area (Å²) >= 11 is 3.15. The summed E-state index contributed by atoms with van der Waals surface area (Å²) < 4.78 is 5.42. The van der Waals surface area contributed by atoms with E-state index in [1.54, 1.807) is 11.0 Å². The first-order valence-corrected chi connectivity index (χ1v) is 5.39. The average Bonchev–Trinajstić information content (AvgIpc) is 2.65. The molecule has 0 unspecified atom stereocenters. The fourth-order valence-corrected chi connectivity index (χ4v) is 1.61. The van der Waals surface area contributed by atoms with Crippen molar-refractivity contribution in [2.45, 2.75) is 13.3 Å². The zero-order valence-corrected chi connectivity index (χ0v) is 9.95. The Kier molecular flexibility index (Phi) is 4.37. The van der Waals surface area contributed by atoms with Crippen LogP contribution in [0.1, 0.15) is 23.7 Å². The number of carbonyl (C=O) groups is 1. The third-order valence-electron chi connectivity index (χ3n) is 2.01. The molecule has 1 rings (SSSR count). The molecule has 0 N–H and O–H groups in total. The van der Waals surface area contributed by atoms with Crippen LogP contribution in [0.5, 0.6) is 0 Å². The van der Waals surface area contributed by atoms with Crippen LogP contribution < -0.4 is 0 Å². The zero-order valence-electron chi connectivity index (χ0n) is 8.36. The van der Waals surface area contributed by atoms with Gasteiger partial charge in [-0.05, 0) is 28.9 Å². The quantitative estimate of drug-likeness (QED) is 0.844. The summed E-state index contributed by atoms with van der Waals surface area (Å²) in [6, 6.07) is 3.63. The minimum Gasteiger partial charge on any atom is -0.457 e. The van der Waals surface area contributed by atoms with E-state index >= 15 is 0 Å². The first kappa shape index (κ1) is 11.8. The molecular formula is C10H11BrN2O2. The lowest BCUT2D eigenvalue weighted by Gasteiger charge is -2.18. The van der Waals surface area contributed by atoms with E-state index in [4.69, 9.17) is 9.68 Å². The minimum atomic E-state index is -0.117. The van der Waals surface area contributed by atoms with E-state index in [1.807, 2.05) is 13.0 Å². The molecule has 5 heteroatoms. The molecule has 0 fully saturated rings. The topological polar surface area (TPSA) is 57.2 Å². The van der Waals surface area contributed by atoms with Crippen LogP contribution in [-0.4, -0.2) is 23.9 Å². The van der Waals surface area contributed by atoms with Gasteiger partial charge in [0.25, 0.3) is 5.91 Å². The van der Waals surface area contributed by atoms with E-state index in [1.165, 1.54) is 6.26 Å². The number of halogens is 1. The van der Waals surface area contributed by atoms with Gasteiger partial charge in [0.2, 0.25) is 0 Å². The number of nitrogens with zero attached hydrogens (tertiary/aromatic N) is 2. The van der Waals surface area contributed by atoms with Gasteiger partial charge in [0.15, 0.2) is 4.67 Å². The Morgan fingerprint density at radius 2 is 2.47 bits per heavy atom. The van der Waals surface area contributed by atoms with Crippen LogP contribution in [-0.2, 0) is 0 Å². The van der Waals surface area contributed by atoms with E-state index in [-0.39, 0.29) is 5.91 Å². The fourth-order valence-electron chi connectivity index (χ4n) is 1.20. The predicted octanol–water partition coefficient (Wildman–Crippen LogP) is 2.42. The van der Waals surface area contributed by atoms with E-state index in [9.17, 15) is 4.79 Å². The van der Waals surface area contributed by atoms with E-state index in [0.29, 0.717) is 29.7 Å². The first-order chi connectivity index (χ1) is 7.20. The highest BCUT2D eigenvalue weighted by atomic mass is 79.9. The second-order valence-corrected chi connectivity index (χ2v) is 3.62. The third kappa shape index (κ3) is 2.83. The van der Waals surface area contributed by atoms with E-state index in [2.05, 4.69) is 15.9 Å². The van der Waals surface area contributed by atoms with Crippen LogP contribution >= 0.6 is 15.9 Å². The molecule has 0 aliphatic heterocycles. The molecule has 0 saturated carbocycles. The van der Waals surface area contributed by atoms with Crippen LogP contribution in [0, 0.1) is 11.3 Å². The van der Waals surface area contributed by atoms with Crippen molar-refractivity contribution in [1.82, 2.24) is 4.90 Å². The number of furan rings is 1. The highest BCUT2D eigenvalue weighted by Crippen LogP contribution is 2.19. The van der Waals surface area contributed by atoms with Crippen molar-refractivity contribution >= 4 is 21.8 Å². The van der Waals surface area contributed by atoms with Crippen molar-refractivity contribution in [2.75, 3.05) is 13.1 Å². The van der Waals surface area contributed by atoms with Crippen molar-refractivity contribution in [1.29, 1.82) is 5.26 Å². The van der Waals surface area contributed by atoms with Crippen LogP contribution in [0.15, 0.2) is 21.4 Å². The number of amides is 1. The summed E-state index contributed by atoms with van der Waals surface area (Å²) in [5.74, 6) is -0.117. The first-order valence-electron chi connectivity index (χ1n) is 4.60. The largest absolute Gasteiger partial charge is 0.457 e. The smallest absolute Gasteiger partial charge is 0.258 e. The number of hydrogen-bond donors (Lipinski definition) is 0. The molecule has 80 valence electrons. The second kappa shape index (κ2) is 5.56. The molecule has 0 spiro atoms. The summed E-state index contributed by atoms with van der Waals surface area (Å²) in [6.07, 6.45) is 1.80. The van der Waals surface area contributed by atoms with E-state index < -0.39 is 0 Å². The van der Waals surface area contributed by atoms with Gasteiger partial charge in [0, 0.05) is 13.1 Å². The maximum atomic E-state index is 11.9. The average molecular weight is 271 g/mol. The molecule has 0 radical (unpaired) electrons. The Hall–Kier alpha value is -1.28. The van der Waals surface area contributed by atoms with Crippen molar-refractivity contribution in [3.8, 4) is 6.07 Å². The van der Waals surface area contributed by atoms with Gasteiger partial charge in [-0.3, -0.25) is 4.79 Å². The highest BCUT2D eigenvalue weighted by molar-refractivity contribution is 9.10. The van der Waals surface area contributed by atoms with Crippen LogP contribution in [0.25, 0.3) is 0 Å². The van der Waals surface area contributed by atoms with E-state index in [0.717, 1.165) is 0 Å². The van der Waals surface area contributed by atoms with Crippen molar-refractivity contribution in [3.63, 3.8) is 0 Å². The number of carbonyl (C=O) groups excluding carboxylic acids is 1. The highest BCUT2D eigenvalue weighted by Gasteiger charge is 2.18. The maximum Gasteiger partial charge on any atom is 0.258 e. The molecule has 0 atom stereocenters. The minimum absolute atomic E-state index is 0.117. The zero-order chi connectivity index (χ0) is 11.3. The maximum absolute atomic E-state index is 11.9. The monoisotopic (exact) mass is 270 g/mol. The number of rotatable bonds is 4. The van der Waals surface area contributed by atoms with Crippen molar-refractivity contribution < 1.29 is 9.21 Å². The molecule has 0 saturated heterocycles. The molecule has 1 aromatic rings. The van der Waals surface area contributed by atoms with Gasteiger partial charge in [-0.15, -0.1) is 0 Å². The molecule has 1 aromatic heterocycles. The number of nitriles is 1. The molecule has 0 aliphatic carbocycles. The van der Waals surface area contributed by atoms with Crippen LogP contribution in [0.3, 0.4) is 0 Å². The fraction of sp³-hybridized carbons (Fsp3) is 0.400. The summed E-state index contributed by atoms with van der Waals surface area (Å²) in [6.45, 7) is 2.91. The van der Waals surface area contributed by atoms with Gasteiger partial charge in [-0.2, -0.15) is 5.26 Å². The van der Waals surface area contributed by atoms with Crippen molar-refractivity contribution in [3.05, 3.63) is 22.6 Å². The second-order valence-electron chi connectivity index (χ2n) is 2.90. The van der Waals surface area contributed by atoms with Gasteiger partial charge < -0.3 is 9.32 Å². The molecule has 1 heterocycles. The van der Waals surface area contributed by atoms with Crippen LogP contribution in [0.2, 0.25) is 0 Å². The number of hydrogen-bond acceptors (Lipinski definition) is 3. The summed E-state index contributed by atoms with van der Waals surface area (Å²) in [5, 5.41) is 8.46. The molecule has 15 heavy (non-hydrogen) atoms. The molecule has 0 bridgehead atoms. The summed E-state index contributed by atoms with van der Waals surface area (Å²) in [5.41, 5.74) is 0.495. The standard InChI is InChI=1S/C10H11BrN2O2/c1-2-13(6-3-5-12)10(14)8-4-7-15-9(8)11/h4,7H,2-3,6H2,1H3. The Balaban J connectivity index is 2.74. The van der Waals surface area contributed by atoms with Crippen molar-refractivity contribution in [2.24, 2.45) is 0 Å². The lowest BCUT2D eigenvalue weighted by atomic mass is 10.3. The normalized spacial score (nSPS) is 9.67. The van der Waals surface area contributed by atoms with Gasteiger partial charge >= 0.3 is 0 Å². The van der Waals surface area contributed by atoms with Gasteiger partial charge in [0.1, 0.15) is 0 Å². The summed E-state index contributed by atoms with van der Waals surface area (Å²) in [7, 11) is 0. The van der Waals surface area contributed by atoms with Crippen LogP contribution in [0.4, 0.5) is 0 Å². The Morgan fingerprint density at radius 1 is 1.73 bits per heavy atom. The Labute approximate surface area is 96.6 Å². The van der Waals surface area contributed by atoms with Gasteiger partial charge in [0.05, 0.1) is 24.3 Å². The molecule has 4 nitrogen and oxygen atoms in total. The predicted molar refractivity (Wildman–Crippen MR) is 58.2 cm³/mol. The molecule has 0 aromatic carbocycles. The van der Waals surface area contributed by atoms with Gasteiger partial charge in [-0.25, -0.2) is 0 Å². The van der Waals surface area contributed by atoms with Gasteiger partial charge in [-0.1, -0.05) is 0 Å². The third-order valence-corrected chi connectivity index (χ3v) is 2.62. The lowest BCUT2D eigenvalue weighted by Crippen LogP contribution is -2.31. The SMILES string of the molecule is CCN(CCC#N)C(=O)c1ccoc1Br. The molecular weight excluding hydrogens is 260 g/mol. The molecule has 1 amide bonds. The lowest BCUT2D eigenvalue weighted by molar-refractivity contribution is 0.0766. The Morgan fingerprint density at radius 3 is 2.93 bits per heavy atom. The Bertz CT molecular complexity index is 381. The summed E-state index contributed by atoms with van der Waals surface area (Å²) in [4.78, 5) is 13.5.